The predicted molar refractivity (Wildman–Crippen MR) is 323 cm³/mol. The van der Waals surface area contributed by atoms with Crippen molar-refractivity contribution in [2.45, 2.75) is 156 Å². The average Bonchev–Trinajstić information content (AvgIpc) is 3.38. The lowest BCUT2D eigenvalue weighted by molar-refractivity contribution is -0.155. The van der Waals surface area contributed by atoms with Gasteiger partial charge in [-0.05, 0) is 188 Å². The van der Waals surface area contributed by atoms with Crippen molar-refractivity contribution in [2.24, 2.45) is 10.2 Å². The molecule has 0 saturated heterocycles. The lowest BCUT2D eigenvalue weighted by atomic mass is 9.91. The zero-order valence-corrected chi connectivity index (χ0v) is 46.1. The highest BCUT2D eigenvalue weighted by Gasteiger charge is 2.32. The third-order valence-corrected chi connectivity index (χ3v) is 11.2. The Balaban J connectivity index is 0. The number of ketones is 4. The monoisotopic (exact) mass is 1070 g/mol. The summed E-state index contributed by atoms with van der Waals surface area (Å²) in [4.78, 5) is 50.8. The number of methoxy groups -OCH3 is 1. The second-order valence-electron chi connectivity index (χ2n) is 19.1. The number of hydrogen-bond acceptors (Lipinski definition) is 11. The topological polar surface area (TPSA) is 154 Å². The zero-order chi connectivity index (χ0) is 55.2. The first-order valence-corrected chi connectivity index (χ1v) is 25.0. The Bertz CT molecular complexity index is 2850. The molecule has 0 amide bonds. The van der Waals surface area contributed by atoms with Crippen LogP contribution in [0.3, 0.4) is 0 Å². The van der Waals surface area contributed by atoms with Gasteiger partial charge in [-0.25, -0.2) is 0 Å². The van der Waals surface area contributed by atoms with Crippen molar-refractivity contribution >= 4 is 34.5 Å². The Morgan fingerprint density at radius 1 is 0.474 bits per heavy atom. The number of Topliss-reactive ketones (excluding diaryl/α,β-unsaturated/α-hetero) is 4. The molecule has 6 rings (SSSR count). The molecule has 0 unspecified atom stereocenters. The molecular weight excluding hydrogens is 975 g/mol. The summed E-state index contributed by atoms with van der Waals surface area (Å²) < 4.78 is 21.9. The summed E-state index contributed by atoms with van der Waals surface area (Å²) in [5.74, 6) is -0.614. The molecule has 0 aliphatic heterocycles. The van der Waals surface area contributed by atoms with Crippen molar-refractivity contribution in [3.8, 4) is 17.2 Å². The van der Waals surface area contributed by atoms with Crippen LogP contribution in [0.2, 0.25) is 0 Å². The molecule has 0 radical (unpaired) electrons. The highest BCUT2D eigenvalue weighted by Crippen LogP contribution is 2.27. The molecule has 6 aromatic carbocycles. The molecule has 0 saturated carbocycles. The van der Waals surface area contributed by atoms with Crippen LogP contribution in [0.5, 0.6) is 0 Å². The summed E-state index contributed by atoms with van der Waals surface area (Å²) in [5.41, 5.74) is 8.55. The fraction of sp³-hybridized carbons (Fsp3) is 0.388. The van der Waals surface area contributed by atoms with Gasteiger partial charge in [0.2, 0.25) is 0 Å². The van der Waals surface area contributed by atoms with E-state index in [1.807, 2.05) is 165 Å². The van der Waals surface area contributed by atoms with E-state index in [0.29, 0.717) is 40.7 Å². The number of carbonyl (C=O) groups is 4. The molecule has 422 valence electrons. The molecule has 6 aromatic rings. The fourth-order valence-corrected chi connectivity index (χ4v) is 7.07. The SMILES string of the molecule is C.C.C.C.CC.CC.CC(=O)c1cc(Cc2ccc(N=Nc3ccc(C)cc3)cc2)cc(C(=O)C(C)(C)OCOC(C)(C)C)c1.COCOC(C)(C)C(=O)c1cc(Cc2ccc(-c3ccc(C#N)cc3)cc2)cc(C(C)=O)c1. The van der Waals surface area contributed by atoms with E-state index < -0.39 is 11.2 Å². The number of nitrogens with zero attached hydrogens (tertiary/aromatic N) is 3. The van der Waals surface area contributed by atoms with Crippen LogP contribution in [0.25, 0.3) is 11.1 Å². The lowest BCUT2D eigenvalue weighted by Crippen LogP contribution is -2.37. The van der Waals surface area contributed by atoms with Crippen molar-refractivity contribution < 1.29 is 38.1 Å². The van der Waals surface area contributed by atoms with E-state index in [0.717, 1.165) is 44.8 Å². The Morgan fingerprint density at radius 3 is 1.18 bits per heavy atom. The number of hydrogen-bond donors (Lipinski definition) is 0. The Kier molecular flexibility index (Phi) is 32.4. The van der Waals surface area contributed by atoms with Crippen molar-refractivity contribution in [1.82, 2.24) is 0 Å². The van der Waals surface area contributed by atoms with Gasteiger partial charge >= 0.3 is 0 Å². The van der Waals surface area contributed by atoms with Gasteiger partial charge in [-0.15, -0.1) is 0 Å². The van der Waals surface area contributed by atoms with Crippen LogP contribution in [0.4, 0.5) is 11.4 Å². The molecule has 0 heterocycles. The minimum absolute atomic E-state index is 0. The maximum absolute atomic E-state index is 13.3. The van der Waals surface area contributed by atoms with E-state index in [2.05, 4.69) is 16.3 Å². The molecule has 0 fully saturated rings. The molecule has 0 N–H and O–H groups in total. The quantitative estimate of drug-likeness (QED) is 0.0438. The van der Waals surface area contributed by atoms with E-state index in [4.69, 9.17) is 24.2 Å². The van der Waals surface area contributed by atoms with Crippen molar-refractivity contribution in [3.05, 3.63) is 189 Å². The number of ether oxygens (including phenoxy) is 4. The molecule has 0 aliphatic rings. The number of azo groups is 1. The number of benzene rings is 6. The van der Waals surface area contributed by atoms with E-state index >= 15 is 0 Å². The standard InChI is InChI=1S/C31H36N2O4.C28H27NO4.2C2H6.4CH4/c1-21-8-12-27(13-9-21)32-33-28-14-10-23(11-15-28)16-24-17-25(22(2)34)19-26(18-24)29(35)31(6,7)37-20-36-30(3,4)5;1-19(30)25-14-22(15-26(16-25)27(31)28(2,3)33-18-32-4)13-20-5-9-23(10-6-20)24-11-7-21(17-29)8-12-24;2*1-2;;;;/h8-15,17-19H,16,20H2,1-7H3;5-12,14-16H,13,18H2,1-4H3;2*1-2H3;4*1H4. The van der Waals surface area contributed by atoms with Gasteiger partial charge in [-0.3, -0.25) is 19.2 Å². The van der Waals surface area contributed by atoms with Crippen LogP contribution in [-0.4, -0.2) is 60.6 Å². The maximum atomic E-state index is 13.3. The van der Waals surface area contributed by atoms with Crippen LogP contribution in [-0.2, 0) is 31.8 Å². The number of carbonyl (C=O) groups excluding carboxylic acids is 4. The van der Waals surface area contributed by atoms with Gasteiger partial charge in [-0.2, -0.15) is 15.5 Å². The molecule has 11 nitrogen and oxygen atoms in total. The van der Waals surface area contributed by atoms with Gasteiger partial charge in [0.25, 0.3) is 0 Å². The lowest BCUT2D eigenvalue weighted by Gasteiger charge is -2.27. The second kappa shape index (κ2) is 34.6. The summed E-state index contributed by atoms with van der Waals surface area (Å²) in [5, 5.41) is 17.5. The van der Waals surface area contributed by atoms with Crippen LogP contribution in [0, 0.1) is 18.3 Å². The van der Waals surface area contributed by atoms with Crippen LogP contribution < -0.4 is 0 Å². The molecular formula is C67H91N3O8. The Morgan fingerprint density at radius 2 is 0.821 bits per heavy atom. The summed E-state index contributed by atoms with van der Waals surface area (Å²) in [6.45, 7) is 25.6. The van der Waals surface area contributed by atoms with Crippen LogP contribution in [0.15, 0.2) is 144 Å². The zero-order valence-electron chi connectivity index (χ0n) is 46.1. The summed E-state index contributed by atoms with van der Waals surface area (Å²) in [7, 11) is 1.50. The molecule has 78 heavy (non-hydrogen) atoms. The van der Waals surface area contributed by atoms with Gasteiger partial charge in [0.05, 0.1) is 28.6 Å². The minimum atomic E-state index is -1.11. The summed E-state index contributed by atoms with van der Waals surface area (Å²) >= 11 is 0. The van der Waals surface area contributed by atoms with Crippen molar-refractivity contribution in [3.63, 3.8) is 0 Å². The van der Waals surface area contributed by atoms with Crippen LogP contribution >= 0.6 is 0 Å². The van der Waals surface area contributed by atoms with Gasteiger partial charge < -0.3 is 18.9 Å². The fourth-order valence-electron chi connectivity index (χ4n) is 7.07. The van der Waals surface area contributed by atoms with E-state index in [-0.39, 0.29) is 72.0 Å². The molecule has 11 heteroatoms. The second-order valence-corrected chi connectivity index (χ2v) is 19.1. The first-order chi connectivity index (χ1) is 35.0. The molecule has 0 aliphatic carbocycles. The van der Waals surface area contributed by atoms with Crippen molar-refractivity contribution in [1.29, 1.82) is 5.26 Å². The minimum Gasteiger partial charge on any atom is -0.359 e. The third-order valence-electron chi connectivity index (χ3n) is 11.2. The normalized spacial score (nSPS) is 10.6. The number of nitriles is 1. The maximum Gasteiger partial charge on any atom is 0.194 e. The molecule has 0 atom stereocenters. The number of aryl methyl sites for hydroxylation is 1. The summed E-state index contributed by atoms with van der Waals surface area (Å²) in [6.07, 6.45) is 1.14. The largest absolute Gasteiger partial charge is 0.359 e. The summed E-state index contributed by atoms with van der Waals surface area (Å²) in [6, 6.07) is 43.9. The molecule has 0 spiro atoms. The number of rotatable bonds is 19. The van der Waals surface area contributed by atoms with Gasteiger partial charge in [0.1, 0.15) is 24.8 Å². The Hall–Kier alpha value is -7.07. The highest BCUT2D eigenvalue weighted by molar-refractivity contribution is 6.05. The van der Waals surface area contributed by atoms with Gasteiger partial charge in [0.15, 0.2) is 23.1 Å². The average molecular weight is 1070 g/mol. The van der Waals surface area contributed by atoms with Gasteiger partial charge in [0, 0.05) is 29.4 Å². The smallest absolute Gasteiger partial charge is 0.194 e. The van der Waals surface area contributed by atoms with E-state index in [1.54, 1.807) is 52.0 Å². The predicted octanol–water partition coefficient (Wildman–Crippen LogP) is 18.2. The van der Waals surface area contributed by atoms with Crippen molar-refractivity contribution in [2.75, 3.05) is 20.7 Å². The first kappa shape index (κ1) is 73.0. The molecule has 0 bridgehead atoms. The van der Waals surface area contributed by atoms with E-state index in [1.165, 1.54) is 26.5 Å². The van der Waals surface area contributed by atoms with E-state index in [9.17, 15) is 19.2 Å². The highest BCUT2D eigenvalue weighted by atomic mass is 16.7. The van der Waals surface area contributed by atoms with Crippen LogP contribution in [0.1, 0.15) is 195 Å². The Labute approximate surface area is 469 Å². The third kappa shape index (κ3) is 23.3. The first-order valence-electron chi connectivity index (χ1n) is 25.0. The van der Waals surface area contributed by atoms with Gasteiger partial charge in [-0.1, -0.05) is 124 Å². The molecule has 0 aromatic heterocycles.